The Morgan fingerprint density at radius 3 is 1.81 bits per heavy atom. The minimum Gasteiger partial charge on any atom is -0.207 e. The second-order valence-electron chi connectivity index (χ2n) is 4.93. The van der Waals surface area contributed by atoms with E-state index in [0.29, 0.717) is 10.7 Å². The largest absolute Gasteiger partial charge is 0.207 e. The van der Waals surface area contributed by atoms with Gasteiger partial charge in [-0.25, -0.2) is 13.2 Å². The summed E-state index contributed by atoms with van der Waals surface area (Å²) < 4.78 is 40.9. The molecule has 2 rings (SSSR count). The van der Waals surface area contributed by atoms with E-state index >= 15 is 0 Å². The average molecular weight is 422 g/mol. The molecule has 0 radical (unpaired) electrons. The minimum absolute atomic E-state index is 0.0423. The average Bonchev–Trinajstić information content (AvgIpc) is 2.49. The molecule has 0 aromatic heterocycles. The van der Waals surface area contributed by atoms with Crippen LogP contribution in [0.2, 0.25) is 0 Å². The summed E-state index contributed by atoms with van der Waals surface area (Å²) in [5.74, 6) is -1.47. The SMILES string of the molecule is Fc1ccc(C(CBr)(CBr)Cc2c(F)cccc2F)cc1. The van der Waals surface area contributed by atoms with Gasteiger partial charge >= 0.3 is 0 Å². The van der Waals surface area contributed by atoms with Crippen LogP contribution in [0.15, 0.2) is 42.5 Å². The molecule has 0 nitrogen and oxygen atoms in total. The smallest absolute Gasteiger partial charge is 0.129 e. The van der Waals surface area contributed by atoms with Crippen LogP contribution in [0, 0.1) is 17.5 Å². The van der Waals surface area contributed by atoms with E-state index in [-0.39, 0.29) is 17.8 Å². The molecule has 2 aromatic carbocycles. The number of benzene rings is 2. The van der Waals surface area contributed by atoms with Gasteiger partial charge in [-0.2, -0.15) is 0 Å². The standard InChI is InChI=1S/C16H13Br2F3/c17-9-16(10-18,11-4-6-12(19)7-5-11)8-13-14(20)2-1-3-15(13)21/h1-7H,8-10H2. The molecule has 0 bridgehead atoms. The van der Waals surface area contributed by atoms with Crippen LogP contribution < -0.4 is 0 Å². The molecule has 0 atom stereocenters. The van der Waals surface area contributed by atoms with Crippen molar-refractivity contribution in [3.05, 3.63) is 71.0 Å². The first-order valence-electron chi connectivity index (χ1n) is 6.33. The van der Waals surface area contributed by atoms with Crippen LogP contribution in [-0.4, -0.2) is 10.7 Å². The van der Waals surface area contributed by atoms with Crippen LogP contribution in [0.25, 0.3) is 0 Å². The predicted octanol–water partition coefficient (Wildman–Crippen LogP) is 5.37. The van der Waals surface area contributed by atoms with E-state index in [1.165, 1.54) is 30.3 Å². The Hall–Kier alpha value is -0.810. The van der Waals surface area contributed by atoms with E-state index in [1.807, 2.05) is 0 Å². The summed E-state index contributed by atoms with van der Waals surface area (Å²) in [6.07, 6.45) is 0.174. The normalized spacial score (nSPS) is 11.7. The molecule has 0 aliphatic rings. The van der Waals surface area contributed by atoms with Gasteiger partial charge in [0.25, 0.3) is 0 Å². The van der Waals surface area contributed by atoms with Gasteiger partial charge < -0.3 is 0 Å². The summed E-state index contributed by atoms with van der Waals surface area (Å²) in [6, 6.07) is 9.84. The van der Waals surface area contributed by atoms with Crippen LogP contribution in [-0.2, 0) is 11.8 Å². The maximum absolute atomic E-state index is 13.9. The molecule has 0 aliphatic carbocycles. The van der Waals surface area contributed by atoms with Gasteiger partial charge in [-0.1, -0.05) is 50.1 Å². The summed E-state index contributed by atoms with van der Waals surface area (Å²) in [4.78, 5) is 0. The van der Waals surface area contributed by atoms with Gasteiger partial charge in [-0.3, -0.25) is 0 Å². The molecule has 0 heterocycles. The molecule has 0 amide bonds. The lowest BCUT2D eigenvalue weighted by atomic mass is 9.79. The third kappa shape index (κ3) is 3.51. The number of alkyl halides is 2. The van der Waals surface area contributed by atoms with Gasteiger partial charge in [0.1, 0.15) is 17.5 Å². The quantitative estimate of drug-likeness (QED) is 0.569. The molecular weight excluding hydrogens is 409 g/mol. The zero-order valence-corrected chi connectivity index (χ0v) is 14.2. The van der Waals surface area contributed by atoms with Gasteiger partial charge in [-0.05, 0) is 36.2 Å². The molecule has 21 heavy (non-hydrogen) atoms. The number of rotatable bonds is 5. The zero-order chi connectivity index (χ0) is 15.5. The Morgan fingerprint density at radius 1 is 0.810 bits per heavy atom. The fourth-order valence-electron chi connectivity index (χ4n) is 2.23. The van der Waals surface area contributed by atoms with Crippen LogP contribution in [0.4, 0.5) is 13.2 Å². The Morgan fingerprint density at radius 2 is 1.33 bits per heavy atom. The number of halogens is 5. The van der Waals surface area contributed by atoms with Crippen molar-refractivity contribution in [3.63, 3.8) is 0 Å². The highest BCUT2D eigenvalue weighted by atomic mass is 79.9. The third-order valence-electron chi connectivity index (χ3n) is 3.55. The van der Waals surface area contributed by atoms with E-state index in [2.05, 4.69) is 31.9 Å². The molecule has 112 valence electrons. The van der Waals surface area contributed by atoms with Gasteiger partial charge in [0, 0.05) is 21.6 Å². The molecule has 0 saturated heterocycles. The van der Waals surface area contributed by atoms with Crippen LogP contribution in [0.5, 0.6) is 0 Å². The molecule has 0 N–H and O–H groups in total. The Bertz CT molecular complexity index is 587. The highest BCUT2D eigenvalue weighted by Gasteiger charge is 2.32. The first-order valence-corrected chi connectivity index (χ1v) is 8.57. The van der Waals surface area contributed by atoms with Crippen LogP contribution in [0.1, 0.15) is 11.1 Å². The predicted molar refractivity (Wildman–Crippen MR) is 85.7 cm³/mol. The van der Waals surface area contributed by atoms with Crippen molar-refractivity contribution < 1.29 is 13.2 Å². The molecule has 0 unspecified atom stereocenters. The molecule has 0 fully saturated rings. The topological polar surface area (TPSA) is 0 Å². The zero-order valence-electron chi connectivity index (χ0n) is 11.1. The van der Waals surface area contributed by atoms with Gasteiger partial charge in [-0.15, -0.1) is 0 Å². The summed E-state index contributed by atoms with van der Waals surface area (Å²) in [5.41, 5.74) is 0.303. The highest BCUT2D eigenvalue weighted by molar-refractivity contribution is 9.09. The minimum atomic E-state index is -0.566. The lowest BCUT2D eigenvalue weighted by Gasteiger charge is -2.31. The summed E-state index contributed by atoms with van der Waals surface area (Å²) in [7, 11) is 0. The van der Waals surface area contributed by atoms with E-state index in [1.54, 1.807) is 12.1 Å². The maximum Gasteiger partial charge on any atom is 0.129 e. The second-order valence-corrected chi connectivity index (χ2v) is 6.05. The summed E-state index contributed by atoms with van der Waals surface area (Å²) >= 11 is 6.85. The van der Waals surface area contributed by atoms with Crippen molar-refractivity contribution in [2.45, 2.75) is 11.8 Å². The lowest BCUT2D eigenvalue weighted by Crippen LogP contribution is -2.33. The molecule has 0 spiro atoms. The van der Waals surface area contributed by atoms with Crippen LogP contribution >= 0.6 is 31.9 Å². The monoisotopic (exact) mass is 420 g/mol. The first-order chi connectivity index (χ1) is 10.0. The fourth-order valence-corrected chi connectivity index (χ4v) is 4.20. The Balaban J connectivity index is 2.45. The van der Waals surface area contributed by atoms with Crippen molar-refractivity contribution in [2.24, 2.45) is 0 Å². The second kappa shape index (κ2) is 6.97. The van der Waals surface area contributed by atoms with Crippen molar-refractivity contribution in [3.8, 4) is 0 Å². The first kappa shape index (κ1) is 16.6. The molecular formula is C16H13Br2F3. The van der Waals surface area contributed by atoms with Gasteiger partial charge in [0.2, 0.25) is 0 Å². The lowest BCUT2D eigenvalue weighted by molar-refractivity contribution is 0.490. The van der Waals surface area contributed by atoms with Crippen molar-refractivity contribution in [2.75, 3.05) is 10.7 Å². The fraction of sp³-hybridized carbons (Fsp3) is 0.250. The molecule has 0 aliphatic heterocycles. The van der Waals surface area contributed by atoms with Crippen molar-refractivity contribution >= 4 is 31.9 Å². The maximum atomic E-state index is 13.9. The van der Waals surface area contributed by atoms with Crippen LogP contribution in [0.3, 0.4) is 0 Å². The Kier molecular flexibility index (Phi) is 5.49. The number of hydrogen-bond donors (Lipinski definition) is 0. The van der Waals surface area contributed by atoms with E-state index in [0.717, 1.165) is 5.56 Å². The summed E-state index contributed by atoms with van der Waals surface area (Å²) in [5, 5.41) is 0.981. The van der Waals surface area contributed by atoms with E-state index < -0.39 is 17.0 Å². The van der Waals surface area contributed by atoms with E-state index in [4.69, 9.17) is 0 Å². The van der Waals surface area contributed by atoms with E-state index in [9.17, 15) is 13.2 Å². The molecule has 2 aromatic rings. The molecule has 5 heteroatoms. The van der Waals surface area contributed by atoms with Gasteiger partial charge in [0.05, 0.1) is 0 Å². The number of hydrogen-bond acceptors (Lipinski definition) is 0. The molecule has 0 saturated carbocycles. The Labute approximate surface area is 138 Å². The highest BCUT2D eigenvalue weighted by Crippen LogP contribution is 2.34. The van der Waals surface area contributed by atoms with Crippen molar-refractivity contribution in [1.82, 2.24) is 0 Å². The van der Waals surface area contributed by atoms with Gasteiger partial charge in [0.15, 0.2) is 0 Å². The van der Waals surface area contributed by atoms with Crippen molar-refractivity contribution in [1.29, 1.82) is 0 Å². The summed E-state index contributed by atoms with van der Waals surface area (Å²) in [6.45, 7) is 0. The third-order valence-corrected chi connectivity index (χ3v) is 5.69.